The number of nitrogens with one attached hydrogen (secondary N) is 1. The first-order valence-electron chi connectivity index (χ1n) is 18.9. The van der Waals surface area contributed by atoms with E-state index in [1.54, 1.807) is 0 Å². The van der Waals surface area contributed by atoms with E-state index in [9.17, 15) is 0 Å². The summed E-state index contributed by atoms with van der Waals surface area (Å²) in [5.74, 6) is 1.91. The molecule has 0 saturated heterocycles. The first kappa shape index (κ1) is 35.8. The molecule has 8 rings (SSSR count). The summed E-state index contributed by atoms with van der Waals surface area (Å²) < 4.78 is 2.60. The van der Waals surface area contributed by atoms with Gasteiger partial charge in [-0.2, -0.15) is 0 Å². The van der Waals surface area contributed by atoms with Crippen LogP contribution in [0.1, 0.15) is 86.5 Å². The zero-order chi connectivity index (χ0) is 36.7. The van der Waals surface area contributed by atoms with Gasteiger partial charge in [-0.05, 0) is 78.3 Å². The minimum atomic E-state index is -0.428. The van der Waals surface area contributed by atoms with Gasteiger partial charge in [-0.3, -0.25) is 0 Å². The van der Waals surface area contributed by atoms with Crippen LogP contribution in [0.25, 0.3) is 36.9 Å². The normalized spacial score (nSPS) is 18.5. The Hall–Kier alpha value is -5.58. The van der Waals surface area contributed by atoms with Gasteiger partial charge in [0.05, 0.1) is 0 Å². The van der Waals surface area contributed by atoms with E-state index in [0.717, 1.165) is 41.2 Å². The number of rotatable bonds is 6. The first-order chi connectivity index (χ1) is 26.1. The Morgan fingerprint density at radius 2 is 1.49 bits per heavy atom. The highest BCUT2D eigenvalue weighted by molar-refractivity contribution is 7.26. The lowest BCUT2D eigenvalue weighted by Gasteiger charge is -2.24. The molecule has 1 N–H and O–H groups in total. The third-order valence-electron chi connectivity index (χ3n) is 9.90. The molecule has 53 heavy (non-hydrogen) atoms. The highest BCUT2D eigenvalue weighted by Gasteiger charge is 2.25. The summed E-state index contributed by atoms with van der Waals surface area (Å²) in [6, 6.07) is 39.4. The molecule has 0 radical (unpaired) electrons. The van der Waals surface area contributed by atoms with E-state index in [0.29, 0.717) is 0 Å². The average Bonchev–Trinajstić information content (AvgIpc) is 3.63. The second-order valence-corrected chi connectivity index (χ2v) is 14.3. The Kier molecular flexibility index (Phi) is 11.1. The minimum Gasteiger partial charge on any atom is -0.324 e. The van der Waals surface area contributed by atoms with Gasteiger partial charge in [0.25, 0.3) is 0 Å². The van der Waals surface area contributed by atoms with E-state index < -0.39 is 6.17 Å². The molecule has 1 aromatic heterocycles. The number of aliphatic imine (C=N–C) groups is 2. The lowest BCUT2D eigenvalue weighted by molar-refractivity contribution is 0.757. The van der Waals surface area contributed by atoms with Crippen LogP contribution >= 0.6 is 11.3 Å². The number of amidine groups is 2. The average molecular weight is 710 g/mol. The highest BCUT2D eigenvalue weighted by Crippen LogP contribution is 2.45. The Morgan fingerprint density at radius 1 is 0.755 bits per heavy atom. The number of hydrogen-bond acceptors (Lipinski definition) is 4. The summed E-state index contributed by atoms with van der Waals surface area (Å²) in [5, 5.41) is 6.14. The van der Waals surface area contributed by atoms with Gasteiger partial charge >= 0.3 is 0 Å². The van der Waals surface area contributed by atoms with Crippen molar-refractivity contribution in [2.75, 3.05) is 0 Å². The van der Waals surface area contributed by atoms with Crippen LogP contribution in [0.3, 0.4) is 0 Å². The Morgan fingerprint density at radius 3 is 2.25 bits per heavy atom. The molecule has 2 heterocycles. The van der Waals surface area contributed by atoms with Crippen molar-refractivity contribution in [3.05, 3.63) is 185 Å². The van der Waals surface area contributed by atoms with Crippen molar-refractivity contribution in [1.82, 2.24) is 5.32 Å². The largest absolute Gasteiger partial charge is 0.324 e. The highest BCUT2D eigenvalue weighted by atomic mass is 32.1. The van der Waals surface area contributed by atoms with E-state index in [-0.39, 0.29) is 5.92 Å². The molecule has 2 unspecified atom stereocenters. The third-order valence-corrected chi connectivity index (χ3v) is 11.1. The molecule has 1 aliphatic carbocycles. The molecular formula is C49H47N3S. The van der Waals surface area contributed by atoms with Crippen LogP contribution in [0.2, 0.25) is 0 Å². The predicted octanol–water partition coefficient (Wildman–Crippen LogP) is 13.4. The monoisotopic (exact) mass is 709 g/mol. The van der Waals surface area contributed by atoms with Gasteiger partial charge in [-0.25, -0.2) is 9.98 Å². The van der Waals surface area contributed by atoms with Gasteiger partial charge in [0.15, 0.2) is 6.17 Å². The van der Waals surface area contributed by atoms with Crippen LogP contribution in [0.5, 0.6) is 0 Å². The van der Waals surface area contributed by atoms with Crippen molar-refractivity contribution in [3.63, 3.8) is 0 Å². The van der Waals surface area contributed by atoms with Crippen LogP contribution in [-0.4, -0.2) is 11.7 Å². The Labute approximate surface area is 318 Å². The lowest BCUT2D eigenvalue weighted by Crippen LogP contribution is -2.36. The van der Waals surface area contributed by atoms with E-state index >= 15 is 0 Å². The lowest BCUT2D eigenvalue weighted by atomic mass is 9.85. The fourth-order valence-corrected chi connectivity index (χ4v) is 8.60. The van der Waals surface area contributed by atoms with Crippen molar-refractivity contribution in [2.24, 2.45) is 9.98 Å². The summed E-state index contributed by atoms with van der Waals surface area (Å²) in [5.41, 5.74) is 10.9. The van der Waals surface area contributed by atoms with Gasteiger partial charge in [0, 0.05) is 42.8 Å². The number of fused-ring (bicyclic) bond motifs is 4. The van der Waals surface area contributed by atoms with Crippen molar-refractivity contribution < 1.29 is 0 Å². The summed E-state index contributed by atoms with van der Waals surface area (Å²) in [7, 11) is 0. The van der Waals surface area contributed by atoms with Crippen molar-refractivity contribution >= 4 is 48.8 Å². The van der Waals surface area contributed by atoms with Crippen molar-refractivity contribution in [2.45, 2.75) is 59.5 Å². The minimum absolute atomic E-state index is 0.275. The number of allylic oxidation sites excluding steroid dienone is 8. The number of aryl methyl sites for hydroxylation is 1. The second-order valence-electron chi connectivity index (χ2n) is 13.2. The maximum atomic E-state index is 5.35. The molecule has 5 aromatic carbocycles. The van der Waals surface area contributed by atoms with Gasteiger partial charge in [0.1, 0.15) is 11.7 Å². The van der Waals surface area contributed by atoms with Crippen LogP contribution in [-0.2, 0) is 6.42 Å². The quantitative estimate of drug-likeness (QED) is 0.172. The summed E-state index contributed by atoms with van der Waals surface area (Å²) in [6.45, 7) is 10.5. The maximum absolute atomic E-state index is 5.35. The van der Waals surface area contributed by atoms with E-state index in [1.807, 2.05) is 31.3 Å². The van der Waals surface area contributed by atoms with Gasteiger partial charge in [-0.15, -0.1) is 11.3 Å². The summed E-state index contributed by atoms with van der Waals surface area (Å²) >= 11 is 1.88. The molecule has 3 nitrogen and oxygen atoms in total. The fraction of sp³-hybridized carbons (Fsp3) is 0.184. The topological polar surface area (TPSA) is 36.8 Å². The van der Waals surface area contributed by atoms with Crippen LogP contribution in [0.15, 0.2) is 162 Å². The van der Waals surface area contributed by atoms with Gasteiger partial charge in [-0.1, -0.05) is 154 Å². The molecule has 0 spiro atoms. The molecule has 6 aromatic rings. The number of benzene rings is 5. The van der Waals surface area contributed by atoms with E-state index in [1.165, 1.54) is 53.6 Å². The Bertz CT molecular complexity index is 2420. The molecule has 0 amide bonds. The number of thiophene rings is 1. The zero-order valence-corrected chi connectivity index (χ0v) is 32.1. The molecule has 2 aliphatic rings. The van der Waals surface area contributed by atoms with Crippen LogP contribution < -0.4 is 5.32 Å². The van der Waals surface area contributed by atoms with Crippen LogP contribution in [0, 0.1) is 0 Å². The molecule has 0 fully saturated rings. The van der Waals surface area contributed by atoms with E-state index in [4.69, 9.17) is 9.98 Å². The second kappa shape index (κ2) is 16.4. The Balaban J connectivity index is 0.00000214. The molecule has 0 saturated carbocycles. The van der Waals surface area contributed by atoms with E-state index in [2.05, 4.69) is 172 Å². The number of hydrogen-bond donors (Lipinski definition) is 1. The van der Waals surface area contributed by atoms with Crippen molar-refractivity contribution in [1.29, 1.82) is 0 Å². The molecule has 1 aliphatic heterocycles. The SMILES string of the molecule is C/C=C\C(=C/C)c1ccc(C2=NC(c3cc(-c4cccc5c4C(C)/C=C\C=C/CC5)c4sc5ccccc5c4c3)N=C(c3ccccc3)N2)cc1.CC. The summed E-state index contributed by atoms with van der Waals surface area (Å²) in [6.07, 6.45) is 17.0. The smallest absolute Gasteiger partial charge is 0.169 e. The van der Waals surface area contributed by atoms with Crippen molar-refractivity contribution in [3.8, 4) is 11.1 Å². The molecule has 0 bridgehead atoms. The molecule has 2 atom stereocenters. The first-order valence-corrected chi connectivity index (χ1v) is 19.7. The molecular weight excluding hydrogens is 663 g/mol. The fourth-order valence-electron chi connectivity index (χ4n) is 7.39. The summed E-state index contributed by atoms with van der Waals surface area (Å²) in [4.78, 5) is 10.7. The number of nitrogens with zero attached hydrogens (tertiary/aromatic N) is 2. The maximum Gasteiger partial charge on any atom is 0.169 e. The predicted molar refractivity (Wildman–Crippen MR) is 231 cm³/mol. The molecule has 264 valence electrons. The van der Waals surface area contributed by atoms with Crippen LogP contribution in [0.4, 0.5) is 0 Å². The zero-order valence-electron chi connectivity index (χ0n) is 31.3. The third kappa shape index (κ3) is 7.38. The van der Waals surface area contributed by atoms with Gasteiger partial charge < -0.3 is 5.32 Å². The standard InChI is InChI=1S/C47H41N3S.C2H6/c1-4-16-32(5-2)33-25-27-36(28-26-33)46-48-45(35-19-11-8-12-20-35)49-47(50-46)37-29-40-38-22-13-14-24-42(38)51-44(40)41(30-37)39-23-15-21-34-18-10-7-6-9-17-31(3)43(34)39;1-2/h4-9,11-17,19-31,47H,10,18H2,1-3H3,(H,48,49,50);1-2H3/b7-6-,16-4-,17-9-,32-5+;. The molecule has 4 heteroatoms. The van der Waals surface area contributed by atoms with Gasteiger partial charge in [0.2, 0.25) is 0 Å².